The third-order valence-corrected chi connectivity index (χ3v) is 11.3. The Balaban J connectivity index is 1.27. The molecule has 8 aromatic carbocycles. The average Bonchev–Trinajstić information content (AvgIpc) is 3.47. The Labute approximate surface area is 308 Å². The van der Waals surface area contributed by atoms with Gasteiger partial charge in [0.1, 0.15) is 0 Å². The molecule has 0 saturated carbocycles. The first-order chi connectivity index (χ1) is 26.3. The maximum absolute atomic E-state index is 5.28. The highest BCUT2D eigenvalue weighted by Crippen LogP contribution is 2.62. The Morgan fingerprint density at radius 1 is 0.358 bits per heavy atom. The Morgan fingerprint density at radius 3 is 1.58 bits per heavy atom. The highest BCUT2D eigenvalue weighted by molar-refractivity contribution is 6.19. The summed E-state index contributed by atoms with van der Waals surface area (Å²) in [7, 11) is 0. The molecule has 0 saturated heterocycles. The van der Waals surface area contributed by atoms with Gasteiger partial charge >= 0.3 is 0 Å². The molecule has 0 radical (unpaired) electrons. The second-order valence-corrected chi connectivity index (χ2v) is 14.1. The van der Waals surface area contributed by atoms with Crippen molar-refractivity contribution in [2.75, 3.05) is 0 Å². The zero-order valence-corrected chi connectivity index (χ0v) is 28.9. The first-order valence-electron chi connectivity index (χ1n) is 18.3. The van der Waals surface area contributed by atoms with Crippen molar-refractivity contribution in [1.29, 1.82) is 0 Å². The number of hydrogen-bond donors (Lipinski definition) is 0. The SMILES string of the molecule is C1=Cc2ccc(-c3nc(-c4ccccc4)cc(-c4ccccc4)n3)cc2C2(c3ccccc31)c1ccccc1-c1c2c2ccccc2c2ccccc12. The molecule has 0 amide bonds. The van der Waals surface area contributed by atoms with Gasteiger partial charge < -0.3 is 0 Å². The minimum absolute atomic E-state index is 0.611. The van der Waals surface area contributed by atoms with Crippen LogP contribution in [-0.2, 0) is 5.41 Å². The summed E-state index contributed by atoms with van der Waals surface area (Å²) < 4.78 is 0. The fourth-order valence-electron chi connectivity index (χ4n) is 9.10. The van der Waals surface area contributed by atoms with Gasteiger partial charge in [-0.15, -0.1) is 0 Å². The van der Waals surface area contributed by atoms with E-state index in [2.05, 4.69) is 182 Å². The molecule has 9 aromatic rings. The molecule has 246 valence electrons. The highest BCUT2D eigenvalue weighted by atomic mass is 14.9. The van der Waals surface area contributed by atoms with Gasteiger partial charge in [0.2, 0.25) is 0 Å². The van der Waals surface area contributed by atoms with Gasteiger partial charge in [0, 0.05) is 16.7 Å². The van der Waals surface area contributed by atoms with Crippen LogP contribution in [0.15, 0.2) is 182 Å². The molecule has 2 aliphatic carbocycles. The van der Waals surface area contributed by atoms with Crippen LogP contribution in [0, 0.1) is 0 Å². The van der Waals surface area contributed by atoms with Gasteiger partial charge in [0.25, 0.3) is 0 Å². The van der Waals surface area contributed by atoms with Crippen LogP contribution < -0.4 is 0 Å². The van der Waals surface area contributed by atoms with E-state index in [0.29, 0.717) is 5.82 Å². The summed E-state index contributed by atoms with van der Waals surface area (Å²) in [6.45, 7) is 0. The lowest BCUT2D eigenvalue weighted by Gasteiger charge is -2.36. The van der Waals surface area contributed by atoms with Crippen molar-refractivity contribution in [1.82, 2.24) is 9.97 Å². The first kappa shape index (κ1) is 29.8. The Kier molecular flexibility index (Phi) is 6.50. The molecule has 1 unspecified atom stereocenters. The fraction of sp³-hybridized carbons (Fsp3) is 0.0196. The topological polar surface area (TPSA) is 25.8 Å². The molecule has 1 aromatic heterocycles. The first-order valence-corrected chi connectivity index (χ1v) is 18.3. The second-order valence-electron chi connectivity index (χ2n) is 14.1. The third kappa shape index (κ3) is 4.33. The normalized spacial score (nSPS) is 15.2. The molecule has 0 N–H and O–H groups in total. The minimum Gasteiger partial charge on any atom is -0.228 e. The average molecular weight is 673 g/mol. The number of nitrogens with zero attached hydrogens (tertiary/aromatic N) is 2. The molecule has 1 heterocycles. The smallest absolute Gasteiger partial charge is 0.160 e. The lowest BCUT2D eigenvalue weighted by Crippen LogP contribution is -2.30. The third-order valence-electron chi connectivity index (χ3n) is 11.3. The van der Waals surface area contributed by atoms with E-state index in [9.17, 15) is 0 Å². The standard InChI is InChI=1S/C51H32N2/c1-3-16-35(17-4-1)46-32-47(36-18-5-2-6-19-36)53-50(52-46)37-30-29-34-28-27-33-15-7-13-25-43(33)51(45(34)31-37)44-26-14-12-24-42(44)48-40-22-10-8-20-38(40)39-21-9-11-23-41(39)49(48)51/h1-32H. The van der Waals surface area contributed by atoms with Crippen LogP contribution in [0.25, 0.3) is 78.7 Å². The number of rotatable bonds is 3. The van der Waals surface area contributed by atoms with Crippen molar-refractivity contribution in [3.63, 3.8) is 0 Å². The molecule has 1 spiro atoms. The maximum Gasteiger partial charge on any atom is 0.160 e. The lowest BCUT2D eigenvalue weighted by atomic mass is 9.64. The Bertz CT molecular complexity index is 2880. The minimum atomic E-state index is -0.611. The predicted molar refractivity (Wildman–Crippen MR) is 220 cm³/mol. The summed E-state index contributed by atoms with van der Waals surface area (Å²) in [5, 5.41) is 5.11. The van der Waals surface area contributed by atoms with Gasteiger partial charge in [0.05, 0.1) is 16.8 Å². The zero-order chi connectivity index (χ0) is 34.9. The Hall–Kier alpha value is -6.90. The van der Waals surface area contributed by atoms with Gasteiger partial charge in [-0.25, -0.2) is 9.97 Å². The highest BCUT2D eigenvalue weighted by Gasteiger charge is 2.50. The molecule has 11 rings (SSSR count). The fourth-order valence-corrected chi connectivity index (χ4v) is 9.10. The van der Waals surface area contributed by atoms with E-state index in [4.69, 9.17) is 9.97 Å². The molecule has 0 bridgehead atoms. The van der Waals surface area contributed by atoms with Crippen LogP contribution in [0.2, 0.25) is 0 Å². The quantitative estimate of drug-likeness (QED) is 0.175. The molecule has 2 aliphatic rings. The summed E-state index contributed by atoms with van der Waals surface area (Å²) in [6, 6.07) is 65.8. The number of hydrogen-bond acceptors (Lipinski definition) is 2. The largest absolute Gasteiger partial charge is 0.228 e. The molecule has 1 atom stereocenters. The van der Waals surface area contributed by atoms with Crippen molar-refractivity contribution in [2.24, 2.45) is 0 Å². The van der Waals surface area contributed by atoms with E-state index in [1.807, 2.05) is 12.1 Å². The van der Waals surface area contributed by atoms with E-state index in [-0.39, 0.29) is 0 Å². The molecule has 0 aliphatic heterocycles. The van der Waals surface area contributed by atoms with Crippen molar-refractivity contribution < 1.29 is 0 Å². The number of aromatic nitrogens is 2. The molecule has 2 nitrogen and oxygen atoms in total. The monoisotopic (exact) mass is 672 g/mol. The second kappa shape index (κ2) is 11.6. The molecular weight excluding hydrogens is 641 g/mol. The van der Waals surface area contributed by atoms with E-state index >= 15 is 0 Å². The maximum atomic E-state index is 5.28. The van der Waals surface area contributed by atoms with E-state index in [0.717, 1.165) is 28.1 Å². The van der Waals surface area contributed by atoms with E-state index in [1.54, 1.807) is 0 Å². The molecule has 0 fully saturated rings. The van der Waals surface area contributed by atoms with Crippen LogP contribution in [-0.4, -0.2) is 9.97 Å². The van der Waals surface area contributed by atoms with Crippen LogP contribution in [0.1, 0.15) is 33.4 Å². The summed E-state index contributed by atoms with van der Waals surface area (Å²) in [6.07, 6.45) is 4.60. The van der Waals surface area contributed by atoms with Crippen molar-refractivity contribution in [3.8, 4) is 45.0 Å². The summed E-state index contributed by atoms with van der Waals surface area (Å²) in [5.41, 5.74) is 14.5. The van der Waals surface area contributed by atoms with Crippen LogP contribution in [0.3, 0.4) is 0 Å². The summed E-state index contributed by atoms with van der Waals surface area (Å²) >= 11 is 0. The van der Waals surface area contributed by atoms with Crippen molar-refractivity contribution in [2.45, 2.75) is 5.41 Å². The molecule has 53 heavy (non-hydrogen) atoms. The van der Waals surface area contributed by atoms with Gasteiger partial charge in [-0.2, -0.15) is 0 Å². The molecule has 2 heteroatoms. The van der Waals surface area contributed by atoms with E-state index < -0.39 is 5.41 Å². The zero-order valence-electron chi connectivity index (χ0n) is 28.9. The van der Waals surface area contributed by atoms with Gasteiger partial charge in [-0.3, -0.25) is 0 Å². The van der Waals surface area contributed by atoms with Crippen LogP contribution in [0.4, 0.5) is 0 Å². The van der Waals surface area contributed by atoms with Gasteiger partial charge in [0.15, 0.2) is 5.82 Å². The predicted octanol–water partition coefficient (Wildman–Crippen LogP) is 12.6. The van der Waals surface area contributed by atoms with Crippen LogP contribution >= 0.6 is 0 Å². The summed E-state index contributed by atoms with van der Waals surface area (Å²) in [5.74, 6) is 0.708. The van der Waals surface area contributed by atoms with Crippen LogP contribution in [0.5, 0.6) is 0 Å². The number of fused-ring (bicyclic) bond motifs is 14. The number of benzene rings is 8. The van der Waals surface area contributed by atoms with Gasteiger partial charge in [-0.1, -0.05) is 182 Å². The van der Waals surface area contributed by atoms with E-state index in [1.165, 1.54) is 66.1 Å². The van der Waals surface area contributed by atoms with Crippen molar-refractivity contribution in [3.05, 3.63) is 215 Å². The molecular formula is C51H32N2. The van der Waals surface area contributed by atoms with Crippen molar-refractivity contribution >= 4 is 33.7 Å². The summed E-state index contributed by atoms with van der Waals surface area (Å²) in [4.78, 5) is 10.6. The Morgan fingerprint density at radius 2 is 0.887 bits per heavy atom. The lowest BCUT2D eigenvalue weighted by molar-refractivity contribution is 0.774. The van der Waals surface area contributed by atoms with Gasteiger partial charge in [-0.05, 0) is 78.2 Å².